The summed E-state index contributed by atoms with van der Waals surface area (Å²) in [6.45, 7) is 8.80. The monoisotopic (exact) mass is 444 g/mol. The molecule has 6 heteroatoms. The van der Waals surface area contributed by atoms with Gasteiger partial charge in [0.05, 0.1) is 25.0 Å². The molecule has 6 nitrogen and oxygen atoms in total. The van der Waals surface area contributed by atoms with Crippen molar-refractivity contribution in [3.8, 4) is 5.75 Å². The molecule has 1 aliphatic heterocycles. The van der Waals surface area contributed by atoms with E-state index in [9.17, 15) is 9.59 Å². The van der Waals surface area contributed by atoms with Crippen molar-refractivity contribution in [2.24, 2.45) is 5.92 Å². The fourth-order valence-corrected chi connectivity index (χ4v) is 3.65. The Balaban J connectivity index is 1.71. The van der Waals surface area contributed by atoms with Crippen LogP contribution in [0.3, 0.4) is 0 Å². The zero-order chi connectivity index (χ0) is 23.5. The lowest BCUT2D eigenvalue weighted by Gasteiger charge is -2.14. The smallest absolute Gasteiger partial charge is 0.278 e. The van der Waals surface area contributed by atoms with Gasteiger partial charge in [0.15, 0.2) is 0 Å². The Bertz CT molecular complexity index is 1190. The molecule has 1 aliphatic rings. The standard InChI is InChI=1S/C27H28N2O4/c1-17(2)16-33-21-11-9-20(10-12-21)24-25(28-23-14-18(3)7-8-19(23)4)27(31)29(26(24)30)15-22-6-5-13-32-22/h5-14,17,28H,15-16H2,1-4H3. The van der Waals surface area contributed by atoms with Crippen LogP contribution >= 0.6 is 0 Å². The van der Waals surface area contributed by atoms with Crippen molar-refractivity contribution in [1.82, 2.24) is 4.90 Å². The van der Waals surface area contributed by atoms with Gasteiger partial charge in [0.25, 0.3) is 11.8 Å². The number of anilines is 1. The van der Waals surface area contributed by atoms with Crippen LogP contribution in [0.4, 0.5) is 5.69 Å². The minimum Gasteiger partial charge on any atom is -0.493 e. The Morgan fingerprint density at radius 3 is 2.42 bits per heavy atom. The largest absolute Gasteiger partial charge is 0.493 e. The van der Waals surface area contributed by atoms with E-state index in [2.05, 4.69) is 19.2 Å². The second-order valence-electron chi connectivity index (χ2n) is 8.70. The molecule has 0 unspecified atom stereocenters. The summed E-state index contributed by atoms with van der Waals surface area (Å²) in [7, 11) is 0. The minimum atomic E-state index is -0.382. The normalized spacial score (nSPS) is 13.9. The lowest BCUT2D eigenvalue weighted by molar-refractivity contribution is -0.137. The Kier molecular flexibility index (Phi) is 6.36. The number of hydrogen-bond acceptors (Lipinski definition) is 5. The molecule has 0 saturated heterocycles. The third-order valence-corrected chi connectivity index (χ3v) is 5.44. The van der Waals surface area contributed by atoms with Crippen molar-refractivity contribution in [1.29, 1.82) is 0 Å². The maximum Gasteiger partial charge on any atom is 0.278 e. The van der Waals surface area contributed by atoms with Crippen LogP contribution in [0.5, 0.6) is 5.75 Å². The molecule has 0 aliphatic carbocycles. The van der Waals surface area contributed by atoms with E-state index < -0.39 is 0 Å². The molecule has 2 amide bonds. The fourth-order valence-electron chi connectivity index (χ4n) is 3.65. The minimum absolute atomic E-state index is 0.0712. The average molecular weight is 445 g/mol. The van der Waals surface area contributed by atoms with Crippen LogP contribution in [0.1, 0.15) is 36.3 Å². The van der Waals surface area contributed by atoms with Gasteiger partial charge in [-0.3, -0.25) is 14.5 Å². The molecule has 0 atom stereocenters. The number of nitrogens with one attached hydrogen (secondary N) is 1. The SMILES string of the molecule is Cc1ccc(C)c(NC2=C(c3ccc(OCC(C)C)cc3)C(=O)N(Cc3ccco3)C2=O)c1. The topological polar surface area (TPSA) is 71.8 Å². The summed E-state index contributed by atoms with van der Waals surface area (Å²) >= 11 is 0. The zero-order valence-corrected chi connectivity index (χ0v) is 19.3. The average Bonchev–Trinajstić information content (AvgIpc) is 3.38. The second-order valence-corrected chi connectivity index (χ2v) is 8.70. The number of rotatable bonds is 8. The van der Waals surface area contributed by atoms with E-state index in [4.69, 9.17) is 9.15 Å². The number of nitrogens with zero attached hydrogens (tertiary/aromatic N) is 1. The lowest BCUT2D eigenvalue weighted by atomic mass is 10.0. The van der Waals surface area contributed by atoms with Gasteiger partial charge in [-0.05, 0) is 66.8 Å². The molecular formula is C27H28N2O4. The molecule has 0 spiro atoms. The quantitative estimate of drug-likeness (QED) is 0.476. The number of amides is 2. The molecule has 0 saturated carbocycles. The van der Waals surface area contributed by atoms with Crippen molar-refractivity contribution in [3.63, 3.8) is 0 Å². The summed E-state index contributed by atoms with van der Waals surface area (Å²) in [6, 6.07) is 16.7. The Morgan fingerprint density at radius 1 is 1.00 bits per heavy atom. The van der Waals surface area contributed by atoms with Crippen LogP contribution in [-0.2, 0) is 16.1 Å². The fraction of sp³-hybridized carbons (Fsp3) is 0.259. The molecule has 0 radical (unpaired) electrons. The lowest BCUT2D eigenvalue weighted by Crippen LogP contribution is -2.31. The third kappa shape index (κ3) is 4.85. The summed E-state index contributed by atoms with van der Waals surface area (Å²) in [5.41, 5.74) is 4.08. The van der Waals surface area contributed by atoms with E-state index in [1.807, 2.05) is 56.3 Å². The first-order chi connectivity index (χ1) is 15.8. The highest BCUT2D eigenvalue weighted by Crippen LogP contribution is 2.33. The van der Waals surface area contributed by atoms with Crippen LogP contribution in [0, 0.1) is 19.8 Å². The van der Waals surface area contributed by atoms with Gasteiger partial charge < -0.3 is 14.5 Å². The van der Waals surface area contributed by atoms with Gasteiger partial charge in [0.1, 0.15) is 17.2 Å². The van der Waals surface area contributed by atoms with Gasteiger partial charge in [-0.15, -0.1) is 0 Å². The summed E-state index contributed by atoms with van der Waals surface area (Å²) in [6.07, 6.45) is 1.53. The predicted molar refractivity (Wildman–Crippen MR) is 127 cm³/mol. The first-order valence-corrected chi connectivity index (χ1v) is 11.0. The van der Waals surface area contributed by atoms with Crippen molar-refractivity contribution in [2.45, 2.75) is 34.2 Å². The maximum atomic E-state index is 13.4. The van der Waals surface area contributed by atoms with Gasteiger partial charge in [0.2, 0.25) is 0 Å². The Labute approximate surface area is 193 Å². The summed E-state index contributed by atoms with van der Waals surface area (Å²) in [5.74, 6) is 0.931. The van der Waals surface area contributed by atoms with Crippen LogP contribution < -0.4 is 10.1 Å². The molecule has 170 valence electrons. The first kappa shape index (κ1) is 22.4. The molecule has 3 aromatic rings. The van der Waals surface area contributed by atoms with Gasteiger partial charge in [-0.2, -0.15) is 0 Å². The first-order valence-electron chi connectivity index (χ1n) is 11.0. The summed E-state index contributed by atoms with van der Waals surface area (Å²) < 4.78 is 11.2. The molecule has 1 aromatic heterocycles. The number of furan rings is 1. The zero-order valence-electron chi connectivity index (χ0n) is 19.3. The highest BCUT2D eigenvalue weighted by molar-refractivity contribution is 6.36. The number of ether oxygens (including phenoxy) is 1. The van der Waals surface area contributed by atoms with Crippen molar-refractivity contribution in [2.75, 3.05) is 11.9 Å². The van der Waals surface area contributed by atoms with Gasteiger partial charge in [-0.1, -0.05) is 38.1 Å². The molecule has 33 heavy (non-hydrogen) atoms. The maximum absolute atomic E-state index is 13.4. The number of carbonyl (C=O) groups is 2. The van der Waals surface area contributed by atoms with Crippen molar-refractivity contribution in [3.05, 3.63) is 89.0 Å². The number of imide groups is 1. The number of hydrogen-bond donors (Lipinski definition) is 1. The third-order valence-electron chi connectivity index (χ3n) is 5.44. The number of benzene rings is 2. The van der Waals surface area contributed by atoms with E-state index >= 15 is 0 Å². The van der Waals surface area contributed by atoms with Crippen LogP contribution in [0.2, 0.25) is 0 Å². The molecular weight excluding hydrogens is 416 g/mol. The van der Waals surface area contributed by atoms with E-state index in [0.717, 1.165) is 22.6 Å². The molecule has 4 rings (SSSR count). The van der Waals surface area contributed by atoms with E-state index in [1.165, 1.54) is 11.2 Å². The van der Waals surface area contributed by atoms with Crippen LogP contribution in [-0.4, -0.2) is 23.3 Å². The summed E-state index contributed by atoms with van der Waals surface area (Å²) in [4.78, 5) is 28.0. The number of aryl methyl sites for hydroxylation is 2. The van der Waals surface area contributed by atoms with Crippen LogP contribution in [0.25, 0.3) is 5.57 Å². The molecule has 2 aromatic carbocycles. The molecule has 0 bridgehead atoms. The number of carbonyl (C=O) groups excluding carboxylic acids is 2. The van der Waals surface area contributed by atoms with Crippen LogP contribution in [0.15, 0.2) is 71.0 Å². The van der Waals surface area contributed by atoms with E-state index in [1.54, 1.807) is 12.1 Å². The molecule has 1 N–H and O–H groups in total. The van der Waals surface area contributed by atoms with E-state index in [0.29, 0.717) is 29.4 Å². The van der Waals surface area contributed by atoms with Gasteiger partial charge in [0, 0.05) is 5.69 Å². The van der Waals surface area contributed by atoms with E-state index in [-0.39, 0.29) is 24.1 Å². The highest BCUT2D eigenvalue weighted by Gasteiger charge is 2.39. The predicted octanol–water partition coefficient (Wildman–Crippen LogP) is 5.32. The van der Waals surface area contributed by atoms with Crippen molar-refractivity contribution >= 4 is 23.1 Å². The van der Waals surface area contributed by atoms with Gasteiger partial charge in [-0.25, -0.2) is 0 Å². The van der Waals surface area contributed by atoms with Gasteiger partial charge >= 0.3 is 0 Å². The highest BCUT2D eigenvalue weighted by atomic mass is 16.5. The Morgan fingerprint density at radius 2 is 1.76 bits per heavy atom. The Hall–Kier alpha value is -3.80. The molecule has 2 heterocycles. The molecule has 0 fully saturated rings. The summed E-state index contributed by atoms with van der Waals surface area (Å²) in [5, 5.41) is 3.25. The second kappa shape index (κ2) is 9.36. The van der Waals surface area contributed by atoms with Crippen molar-refractivity contribution < 1.29 is 18.7 Å².